The molecule has 0 saturated carbocycles. The molecule has 0 radical (unpaired) electrons. The quantitative estimate of drug-likeness (QED) is 0.376. The average Bonchev–Trinajstić information content (AvgIpc) is 3.07. The van der Waals surface area contributed by atoms with Gasteiger partial charge in [0.15, 0.2) is 4.32 Å². The third kappa shape index (κ3) is 4.90. The molecule has 1 heterocycles. The molecule has 7 heteroatoms. The zero-order valence-electron chi connectivity index (χ0n) is 17.1. The van der Waals surface area contributed by atoms with Crippen molar-refractivity contribution in [2.24, 2.45) is 0 Å². The van der Waals surface area contributed by atoms with E-state index < -0.39 is 5.97 Å². The number of thioether (sulfide) groups is 1. The number of rotatable bonds is 6. The number of hydrogen-bond acceptors (Lipinski definition) is 5. The zero-order valence-corrected chi connectivity index (χ0v) is 18.8. The van der Waals surface area contributed by atoms with E-state index in [1.165, 1.54) is 11.8 Å². The lowest BCUT2D eigenvalue weighted by Gasteiger charge is -2.14. The Labute approximate surface area is 195 Å². The summed E-state index contributed by atoms with van der Waals surface area (Å²) < 4.78 is 6.28. The second-order valence-corrected chi connectivity index (χ2v) is 8.89. The largest absolute Gasteiger partial charge is 0.489 e. The highest BCUT2D eigenvalue weighted by Gasteiger charge is 2.33. The number of carboxylic acid groups (broad SMARTS) is 1. The second-order valence-electron chi connectivity index (χ2n) is 7.21. The van der Waals surface area contributed by atoms with Gasteiger partial charge in [-0.1, -0.05) is 65.9 Å². The van der Waals surface area contributed by atoms with Gasteiger partial charge in [0, 0.05) is 0 Å². The molecular formula is C25H19NO4S2. The number of benzene rings is 3. The number of carbonyl (C=O) groups excluding carboxylic acids is 1. The number of thiocarbonyl (C=S) groups is 1. The van der Waals surface area contributed by atoms with Gasteiger partial charge in [0.2, 0.25) is 0 Å². The van der Waals surface area contributed by atoms with E-state index in [4.69, 9.17) is 22.1 Å². The second kappa shape index (κ2) is 9.38. The Kier molecular flexibility index (Phi) is 6.39. The number of aromatic carboxylic acids is 1. The Morgan fingerprint density at radius 2 is 1.69 bits per heavy atom. The highest BCUT2D eigenvalue weighted by atomic mass is 32.2. The van der Waals surface area contributed by atoms with Crippen molar-refractivity contribution in [1.29, 1.82) is 0 Å². The summed E-state index contributed by atoms with van der Waals surface area (Å²) in [6, 6.07) is 21.7. The Hall–Kier alpha value is -3.42. The molecule has 3 aromatic rings. The standard InChI is InChI=1S/C25H19NO4S2/c1-16-2-10-20(11-3-16)26-23(27)22(32-25(26)31)14-17-6-12-21(13-7-17)30-15-18-4-8-19(9-5-18)24(28)29/h2-14H,15H2,1H3,(H,28,29)/b22-14-. The van der Waals surface area contributed by atoms with Gasteiger partial charge in [-0.15, -0.1) is 0 Å². The summed E-state index contributed by atoms with van der Waals surface area (Å²) in [6.45, 7) is 2.32. The highest BCUT2D eigenvalue weighted by molar-refractivity contribution is 8.27. The monoisotopic (exact) mass is 461 g/mol. The maximum absolute atomic E-state index is 12.9. The zero-order chi connectivity index (χ0) is 22.7. The number of ether oxygens (including phenoxy) is 1. The Morgan fingerprint density at radius 1 is 1.03 bits per heavy atom. The van der Waals surface area contributed by atoms with Crippen LogP contribution in [0.1, 0.15) is 27.0 Å². The fraction of sp³-hybridized carbons (Fsp3) is 0.0800. The first-order valence-corrected chi connectivity index (χ1v) is 11.0. The van der Waals surface area contributed by atoms with Crippen LogP contribution >= 0.6 is 24.0 Å². The van der Waals surface area contributed by atoms with Gasteiger partial charge in [-0.3, -0.25) is 9.69 Å². The predicted octanol–water partition coefficient (Wildman–Crippen LogP) is 5.68. The van der Waals surface area contributed by atoms with Gasteiger partial charge in [-0.05, 0) is 60.5 Å². The molecule has 0 unspecified atom stereocenters. The van der Waals surface area contributed by atoms with Crippen LogP contribution in [0.4, 0.5) is 5.69 Å². The predicted molar refractivity (Wildman–Crippen MR) is 131 cm³/mol. The van der Waals surface area contributed by atoms with Crippen molar-refractivity contribution in [1.82, 2.24) is 0 Å². The fourth-order valence-electron chi connectivity index (χ4n) is 3.11. The van der Waals surface area contributed by atoms with Crippen LogP contribution in [0.25, 0.3) is 6.08 Å². The van der Waals surface area contributed by atoms with Crippen LogP contribution in [-0.2, 0) is 11.4 Å². The SMILES string of the molecule is Cc1ccc(N2C(=O)/C(=C/c3ccc(OCc4ccc(C(=O)O)cc4)cc3)SC2=S)cc1. The van der Waals surface area contributed by atoms with Crippen molar-refractivity contribution in [3.05, 3.63) is 100.0 Å². The van der Waals surface area contributed by atoms with Crippen LogP contribution in [0, 0.1) is 6.92 Å². The number of carboxylic acids is 1. The smallest absolute Gasteiger partial charge is 0.335 e. The van der Waals surface area contributed by atoms with Gasteiger partial charge >= 0.3 is 5.97 Å². The highest BCUT2D eigenvalue weighted by Crippen LogP contribution is 2.36. The molecular weight excluding hydrogens is 442 g/mol. The van der Waals surface area contributed by atoms with E-state index in [1.807, 2.05) is 61.5 Å². The van der Waals surface area contributed by atoms with Crippen LogP contribution in [0.2, 0.25) is 0 Å². The summed E-state index contributed by atoms with van der Waals surface area (Å²) in [4.78, 5) is 25.9. The first-order chi connectivity index (χ1) is 15.4. The third-order valence-corrected chi connectivity index (χ3v) is 6.17. The van der Waals surface area contributed by atoms with Crippen LogP contribution < -0.4 is 9.64 Å². The lowest BCUT2D eigenvalue weighted by atomic mass is 10.1. The molecule has 0 spiro atoms. The van der Waals surface area contributed by atoms with Crippen LogP contribution in [0.15, 0.2) is 77.7 Å². The number of amides is 1. The van der Waals surface area contributed by atoms with E-state index in [2.05, 4.69) is 0 Å². The molecule has 1 aliphatic rings. The topological polar surface area (TPSA) is 66.8 Å². The molecule has 1 aliphatic heterocycles. The van der Waals surface area contributed by atoms with Crippen molar-refractivity contribution < 1.29 is 19.4 Å². The molecule has 5 nitrogen and oxygen atoms in total. The Bertz CT molecular complexity index is 1200. The molecule has 0 aromatic heterocycles. The van der Waals surface area contributed by atoms with Crippen molar-refractivity contribution in [2.75, 3.05) is 4.90 Å². The molecule has 0 atom stereocenters. The van der Waals surface area contributed by atoms with Gasteiger partial charge in [-0.25, -0.2) is 4.79 Å². The number of anilines is 1. The number of aryl methyl sites for hydroxylation is 1. The summed E-state index contributed by atoms with van der Waals surface area (Å²) in [5, 5.41) is 8.96. The summed E-state index contributed by atoms with van der Waals surface area (Å²) in [5.41, 5.74) is 3.87. The summed E-state index contributed by atoms with van der Waals surface area (Å²) in [6.07, 6.45) is 1.82. The van der Waals surface area contributed by atoms with Crippen molar-refractivity contribution in [3.8, 4) is 5.75 Å². The van der Waals surface area contributed by atoms with E-state index in [0.717, 1.165) is 22.4 Å². The lowest BCUT2D eigenvalue weighted by molar-refractivity contribution is -0.113. The number of hydrogen-bond donors (Lipinski definition) is 1. The molecule has 3 aromatic carbocycles. The van der Waals surface area contributed by atoms with Crippen LogP contribution in [0.5, 0.6) is 5.75 Å². The molecule has 0 aliphatic carbocycles. The van der Waals surface area contributed by atoms with Gasteiger partial charge < -0.3 is 9.84 Å². The van der Waals surface area contributed by atoms with E-state index >= 15 is 0 Å². The molecule has 1 N–H and O–H groups in total. The van der Waals surface area contributed by atoms with Gasteiger partial charge in [0.1, 0.15) is 12.4 Å². The maximum Gasteiger partial charge on any atom is 0.335 e. The van der Waals surface area contributed by atoms with Crippen LogP contribution in [-0.4, -0.2) is 21.3 Å². The Balaban J connectivity index is 1.41. The van der Waals surface area contributed by atoms with E-state index in [9.17, 15) is 9.59 Å². The summed E-state index contributed by atoms with van der Waals surface area (Å²) >= 11 is 6.71. The van der Waals surface area contributed by atoms with Crippen molar-refractivity contribution >= 4 is 51.9 Å². The van der Waals surface area contributed by atoms with Crippen molar-refractivity contribution in [3.63, 3.8) is 0 Å². The molecule has 4 rings (SSSR count). The minimum absolute atomic E-state index is 0.131. The van der Waals surface area contributed by atoms with E-state index in [1.54, 1.807) is 29.2 Å². The maximum atomic E-state index is 12.9. The molecule has 1 saturated heterocycles. The van der Waals surface area contributed by atoms with E-state index in [-0.39, 0.29) is 11.5 Å². The molecule has 1 amide bonds. The normalized spacial score (nSPS) is 14.8. The summed E-state index contributed by atoms with van der Waals surface area (Å²) in [5.74, 6) is -0.408. The first-order valence-electron chi connectivity index (χ1n) is 9.80. The van der Waals surface area contributed by atoms with Crippen LogP contribution in [0.3, 0.4) is 0 Å². The number of nitrogens with zero attached hydrogens (tertiary/aromatic N) is 1. The Morgan fingerprint density at radius 3 is 2.31 bits per heavy atom. The van der Waals surface area contributed by atoms with Crippen molar-refractivity contribution in [2.45, 2.75) is 13.5 Å². The minimum atomic E-state index is -0.955. The van der Waals surface area contributed by atoms with Gasteiger partial charge in [0.25, 0.3) is 5.91 Å². The molecule has 160 valence electrons. The molecule has 1 fully saturated rings. The van der Waals surface area contributed by atoms with Gasteiger partial charge in [0.05, 0.1) is 16.2 Å². The molecule has 32 heavy (non-hydrogen) atoms. The summed E-state index contributed by atoms with van der Waals surface area (Å²) in [7, 11) is 0. The fourth-order valence-corrected chi connectivity index (χ4v) is 4.41. The van der Waals surface area contributed by atoms with E-state index in [0.29, 0.717) is 21.6 Å². The minimum Gasteiger partial charge on any atom is -0.489 e. The molecule has 0 bridgehead atoms. The average molecular weight is 462 g/mol. The first kappa shape index (κ1) is 21.8. The lowest BCUT2D eigenvalue weighted by Crippen LogP contribution is -2.27. The number of carbonyl (C=O) groups is 2. The third-order valence-electron chi connectivity index (χ3n) is 4.87. The van der Waals surface area contributed by atoms with Gasteiger partial charge in [-0.2, -0.15) is 0 Å².